The van der Waals surface area contributed by atoms with Crippen LogP contribution in [0.5, 0.6) is 0 Å². The molecule has 1 atom stereocenters. The number of nitrogens with zero attached hydrogens (tertiary/aromatic N) is 4. The van der Waals surface area contributed by atoms with Gasteiger partial charge in [-0.15, -0.1) is 0 Å². The minimum absolute atomic E-state index is 0.0176. The van der Waals surface area contributed by atoms with Crippen LogP contribution in [-0.4, -0.2) is 57.8 Å². The zero-order chi connectivity index (χ0) is 18.1. The Morgan fingerprint density at radius 3 is 2.85 bits per heavy atom. The number of fused-ring (bicyclic) bond motifs is 1. The zero-order valence-corrected chi connectivity index (χ0v) is 15.0. The molecule has 0 aromatic carbocycles. The maximum atomic E-state index is 12.7. The van der Waals surface area contributed by atoms with Gasteiger partial charge in [0.1, 0.15) is 22.7 Å². The van der Waals surface area contributed by atoms with E-state index in [0.29, 0.717) is 25.3 Å². The first-order valence-corrected chi connectivity index (χ1v) is 8.78. The first-order chi connectivity index (χ1) is 12.6. The number of morpholine rings is 1. The molecule has 26 heavy (non-hydrogen) atoms. The first-order valence-electron chi connectivity index (χ1n) is 8.78. The van der Waals surface area contributed by atoms with Crippen LogP contribution in [0.4, 0.5) is 0 Å². The molecule has 1 aliphatic heterocycles. The van der Waals surface area contributed by atoms with Crippen LogP contribution in [0.1, 0.15) is 27.9 Å². The molecule has 8 heteroatoms. The van der Waals surface area contributed by atoms with Crippen LogP contribution in [0.25, 0.3) is 5.65 Å². The molecule has 8 nitrogen and oxygen atoms in total. The van der Waals surface area contributed by atoms with Crippen LogP contribution in [0.15, 0.2) is 35.1 Å². The van der Waals surface area contributed by atoms with Crippen LogP contribution >= 0.6 is 0 Å². The van der Waals surface area contributed by atoms with Gasteiger partial charge in [-0.1, -0.05) is 0 Å². The second-order valence-electron chi connectivity index (χ2n) is 6.56. The van der Waals surface area contributed by atoms with E-state index in [9.17, 15) is 4.79 Å². The first kappa shape index (κ1) is 16.9. The number of aromatic nitrogens is 3. The number of aryl methyl sites for hydroxylation is 2. The number of hydrogen-bond donors (Lipinski definition) is 1. The van der Waals surface area contributed by atoms with Crippen molar-refractivity contribution in [2.45, 2.75) is 13.0 Å². The number of amides is 1. The number of imidazole rings is 1. The SMILES string of the molecule is Cc1ccc(C(CNC(=O)c2cnn3ccn(C)c23)N2CCOCC2)o1. The van der Waals surface area contributed by atoms with Crippen molar-refractivity contribution in [3.05, 3.63) is 47.8 Å². The highest BCUT2D eigenvalue weighted by molar-refractivity contribution is 5.99. The van der Waals surface area contributed by atoms with Gasteiger partial charge in [0.15, 0.2) is 0 Å². The molecule has 3 aromatic heterocycles. The molecule has 1 fully saturated rings. The summed E-state index contributed by atoms with van der Waals surface area (Å²) >= 11 is 0. The van der Waals surface area contributed by atoms with Gasteiger partial charge in [-0.2, -0.15) is 5.10 Å². The molecule has 0 bridgehead atoms. The van der Waals surface area contributed by atoms with Crippen LogP contribution < -0.4 is 5.32 Å². The fourth-order valence-electron chi connectivity index (χ4n) is 3.43. The Kier molecular flexibility index (Phi) is 4.52. The standard InChI is InChI=1S/C18H23N5O3/c1-13-3-4-16(26-13)15(22-7-9-25-10-8-22)12-19-17(24)14-11-20-23-6-5-21(2)18(14)23/h3-6,11,15H,7-10,12H2,1-2H3,(H,19,24). The lowest BCUT2D eigenvalue weighted by atomic mass is 10.1. The van der Waals surface area contributed by atoms with Crippen LogP contribution in [0.3, 0.4) is 0 Å². The molecule has 138 valence electrons. The number of rotatable bonds is 5. The average Bonchev–Trinajstić information content (AvgIpc) is 3.35. The van der Waals surface area contributed by atoms with E-state index in [1.807, 2.05) is 43.1 Å². The maximum absolute atomic E-state index is 12.7. The van der Waals surface area contributed by atoms with Gasteiger partial charge in [-0.25, -0.2) is 4.52 Å². The molecule has 1 saturated heterocycles. The summed E-state index contributed by atoms with van der Waals surface area (Å²) in [7, 11) is 1.90. The van der Waals surface area contributed by atoms with Gasteiger partial charge >= 0.3 is 0 Å². The van der Waals surface area contributed by atoms with Crippen molar-refractivity contribution in [2.24, 2.45) is 7.05 Å². The van der Waals surface area contributed by atoms with E-state index in [-0.39, 0.29) is 11.9 Å². The maximum Gasteiger partial charge on any atom is 0.256 e. The van der Waals surface area contributed by atoms with E-state index in [0.717, 1.165) is 30.3 Å². The molecule has 0 saturated carbocycles. The normalized spacial score (nSPS) is 16.8. The van der Waals surface area contributed by atoms with E-state index in [2.05, 4.69) is 15.3 Å². The van der Waals surface area contributed by atoms with Crippen molar-refractivity contribution in [3.8, 4) is 0 Å². The summed E-state index contributed by atoms with van der Waals surface area (Å²) in [4.78, 5) is 15.0. The average molecular weight is 357 g/mol. The van der Waals surface area contributed by atoms with E-state index < -0.39 is 0 Å². The highest BCUT2D eigenvalue weighted by Gasteiger charge is 2.26. The van der Waals surface area contributed by atoms with Crippen molar-refractivity contribution in [2.75, 3.05) is 32.8 Å². The summed E-state index contributed by atoms with van der Waals surface area (Å²) in [6.45, 7) is 5.41. The lowest BCUT2D eigenvalue weighted by Gasteiger charge is -2.33. The summed E-state index contributed by atoms with van der Waals surface area (Å²) < 4.78 is 14.9. The van der Waals surface area contributed by atoms with Crippen molar-refractivity contribution in [3.63, 3.8) is 0 Å². The molecular weight excluding hydrogens is 334 g/mol. The summed E-state index contributed by atoms with van der Waals surface area (Å²) in [5.41, 5.74) is 1.34. The fraction of sp³-hybridized carbons (Fsp3) is 0.444. The number of nitrogens with one attached hydrogen (secondary N) is 1. The molecule has 0 aliphatic carbocycles. The minimum Gasteiger partial charge on any atom is -0.465 e. The zero-order valence-electron chi connectivity index (χ0n) is 15.0. The van der Waals surface area contributed by atoms with Gasteiger partial charge in [0.2, 0.25) is 0 Å². The predicted octanol–water partition coefficient (Wildman–Crippen LogP) is 1.38. The number of carbonyl (C=O) groups is 1. The molecule has 1 N–H and O–H groups in total. The quantitative estimate of drug-likeness (QED) is 0.746. The topological polar surface area (TPSA) is 76.9 Å². The van der Waals surface area contributed by atoms with Crippen molar-refractivity contribution >= 4 is 11.6 Å². The highest BCUT2D eigenvalue weighted by Crippen LogP contribution is 2.23. The third kappa shape index (κ3) is 3.13. The Hall–Kier alpha value is -2.58. The van der Waals surface area contributed by atoms with Crippen molar-refractivity contribution < 1.29 is 13.9 Å². The monoisotopic (exact) mass is 357 g/mol. The lowest BCUT2D eigenvalue weighted by molar-refractivity contribution is 0.0117. The number of ether oxygens (including phenoxy) is 1. The number of hydrogen-bond acceptors (Lipinski definition) is 5. The van der Waals surface area contributed by atoms with Crippen LogP contribution in [0, 0.1) is 6.92 Å². The lowest BCUT2D eigenvalue weighted by Crippen LogP contribution is -2.43. The smallest absolute Gasteiger partial charge is 0.256 e. The molecular formula is C18H23N5O3. The predicted molar refractivity (Wildman–Crippen MR) is 95.1 cm³/mol. The summed E-state index contributed by atoms with van der Waals surface area (Å²) in [6.07, 6.45) is 5.31. The van der Waals surface area contributed by atoms with Crippen molar-refractivity contribution in [1.29, 1.82) is 0 Å². The molecule has 0 spiro atoms. The third-order valence-corrected chi connectivity index (χ3v) is 4.81. The Bertz CT molecular complexity index is 903. The van der Waals surface area contributed by atoms with E-state index in [4.69, 9.17) is 9.15 Å². The second-order valence-corrected chi connectivity index (χ2v) is 6.56. The third-order valence-electron chi connectivity index (χ3n) is 4.81. The molecule has 1 unspecified atom stereocenters. The molecule has 1 amide bonds. The Morgan fingerprint density at radius 2 is 2.12 bits per heavy atom. The summed E-state index contributed by atoms with van der Waals surface area (Å²) in [5.74, 6) is 1.60. The Balaban J connectivity index is 1.52. The van der Waals surface area contributed by atoms with Gasteiger partial charge in [-0.3, -0.25) is 9.69 Å². The van der Waals surface area contributed by atoms with Gasteiger partial charge in [0.05, 0.1) is 25.5 Å². The number of furan rings is 1. The highest BCUT2D eigenvalue weighted by atomic mass is 16.5. The van der Waals surface area contributed by atoms with Gasteiger partial charge in [0.25, 0.3) is 5.91 Å². The fourth-order valence-corrected chi connectivity index (χ4v) is 3.43. The van der Waals surface area contributed by atoms with Crippen LogP contribution in [0.2, 0.25) is 0 Å². The molecule has 3 aromatic rings. The van der Waals surface area contributed by atoms with E-state index >= 15 is 0 Å². The van der Waals surface area contributed by atoms with Gasteiger partial charge < -0.3 is 19.0 Å². The van der Waals surface area contributed by atoms with E-state index in [1.54, 1.807) is 10.7 Å². The molecule has 1 aliphatic rings. The van der Waals surface area contributed by atoms with Crippen molar-refractivity contribution in [1.82, 2.24) is 24.4 Å². The van der Waals surface area contributed by atoms with Gasteiger partial charge in [-0.05, 0) is 19.1 Å². The molecule has 4 heterocycles. The summed E-state index contributed by atoms with van der Waals surface area (Å²) in [6, 6.07) is 3.92. The minimum atomic E-state index is -0.136. The van der Waals surface area contributed by atoms with Gasteiger partial charge in [0, 0.05) is 39.1 Å². The largest absolute Gasteiger partial charge is 0.465 e. The van der Waals surface area contributed by atoms with E-state index in [1.165, 1.54) is 0 Å². The second kappa shape index (κ2) is 6.97. The Labute approximate surface area is 151 Å². The molecule has 0 radical (unpaired) electrons. The summed E-state index contributed by atoms with van der Waals surface area (Å²) in [5, 5.41) is 7.28. The molecule has 4 rings (SSSR count). The number of carbonyl (C=O) groups excluding carboxylic acids is 1. The van der Waals surface area contributed by atoms with Crippen LogP contribution in [-0.2, 0) is 11.8 Å². The Morgan fingerprint density at radius 1 is 1.31 bits per heavy atom.